The number of unbranched alkanes of at least 4 members (excludes halogenated alkanes) is 1. The van der Waals surface area contributed by atoms with Gasteiger partial charge in [0, 0.05) is 19.6 Å². The molecule has 2 aliphatic heterocycles. The van der Waals surface area contributed by atoms with Gasteiger partial charge in [-0.1, -0.05) is 81.2 Å². The van der Waals surface area contributed by atoms with E-state index in [1.807, 2.05) is 41.5 Å². The molecule has 5 atom stereocenters. The van der Waals surface area contributed by atoms with Gasteiger partial charge in [0.1, 0.15) is 25.3 Å². The minimum Gasteiger partial charge on any atom is -0.362 e. The number of likely N-dealkylation sites (tertiary alicyclic amines) is 1. The molecule has 14 nitrogen and oxygen atoms in total. The first-order chi connectivity index (χ1) is 22.7. The maximum atomic E-state index is 14.4. The molecule has 7 amide bonds. The zero-order valence-electron chi connectivity index (χ0n) is 30.8. The number of amides is 7. The molecule has 0 bridgehead atoms. The molecule has 2 fully saturated rings. The van der Waals surface area contributed by atoms with Gasteiger partial charge in [-0.15, -0.1) is 6.58 Å². The Morgan fingerprint density at radius 2 is 1.57 bits per heavy atom. The fourth-order valence-electron chi connectivity index (χ4n) is 6.03. The molecule has 276 valence electrons. The largest absolute Gasteiger partial charge is 0.362 e. The maximum Gasteiger partial charge on any atom is 0.315 e. The first-order valence-corrected chi connectivity index (χ1v) is 17.3. The van der Waals surface area contributed by atoms with Gasteiger partial charge in [-0.25, -0.2) is 4.79 Å². The van der Waals surface area contributed by atoms with Crippen LogP contribution in [0, 0.1) is 22.7 Å². The molecule has 0 aromatic rings. The third kappa shape index (κ3) is 11.4. The van der Waals surface area contributed by atoms with E-state index in [9.17, 15) is 33.6 Å². The van der Waals surface area contributed by atoms with Gasteiger partial charge in [-0.2, -0.15) is 0 Å². The summed E-state index contributed by atoms with van der Waals surface area (Å²) >= 11 is 0. The van der Waals surface area contributed by atoms with Gasteiger partial charge in [0.05, 0.1) is 12.1 Å². The lowest BCUT2D eigenvalue weighted by Gasteiger charge is -2.39. The summed E-state index contributed by atoms with van der Waals surface area (Å²) < 4.78 is 5.01. The van der Waals surface area contributed by atoms with Crippen molar-refractivity contribution in [3.8, 4) is 0 Å². The summed E-state index contributed by atoms with van der Waals surface area (Å²) in [7, 11) is 0. The van der Waals surface area contributed by atoms with E-state index >= 15 is 0 Å². The molecule has 0 aliphatic carbocycles. The van der Waals surface area contributed by atoms with Crippen LogP contribution >= 0.6 is 0 Å². The second-order valence-electron chi connectivity index (χ2n) is 15.5. The molecule has 0 aromatic heterocycles. The molecule has 2 rings (SSSR count). The van der Waals surface area contributed by atoms with Gasteiger partial charge in [-0.05, 0) is 35.5 Å². The molecule has 4 N–H and O–H groups in total. The van der Waals surface area contributed by atoms with Crippen LogP contribution in [0.3, 0.4) is 0 Å². The van der Waals surface area contributed by atoms with Crippen molar-refractivity contribution in [3.63, 3.8) is 0 Å². The Kier molecular flexibility index (Phi) is 15.0. The number of carbonyl (C=O) groups is 7. The highest BCUT2D eigenvalue weighted by atomic mass is 16.5. The van der Waals surface area contributed by atoms with E-state index in [4.69, 9.17) is 4.74 Å². The summed E-state index contributed by atoms with van der Waals surface area (Å²) in [6.07, 6.45) is 3.59. The smallest absolute Gasteiger partial charge is 0.315 e. The van der Waals surface area contributed by atoms with Crippen molar-refractivity contribution in [3.05, 3.63) is 12.7 Å². The van der Waals surface area contributed by atoms with Gasteiger partial charge in [0.25, 0.3) is 17.7 Å². The molecule has 2 saturated heterocycles. The van der Waals surface area contributed by atoms with Crippen molar-refractivity contribution < 1.29 is 38.3 Å². The Hall–Kier alpha value is -3.81. The van der Waals surface area contributed by atoms with Crippen LogP contribution in [0.15, 0.2) is 12.7 Å². The number of urea groups is 1. The molecule has 1 unspecified atom stereocenters. The number of carbonyl (C=O) groups excluding carboxylic acids is 7. The van der Waals surface area contributed by atoms with Crippen LogP contribution in [0.25, 0.3) is 0 Å². The second kappa shape index (κ2) is 17.7. The molecule has 14 heteroatoms. The van der Waals surface area contributed by atoms with E-state index in [-0.39, 0.29) is 51.1 Å². The van der Waals surface area contributed by atoms with E-state index in [1.165, 1.54) is 11.0 Å². The predicted molar refractivity (Wildman–Crippen MR) is 184 cm³/mol. The number of imide groups is 1. The van der Waals surface area contributed by atoms with Gasteiger partial charge in [0.2, 0.25) is 17.6 Å². The molecular formula is C35H58N6O8. The number of nitrogens with one attached hydrogen (secondary N) is 4. The Labute approximate surface area is 290 Å². The van der Waals surface area contributed by atoms with Crippen LogP contribution in [0.1, 0.15) is 88.0 Å². The monoisotopic (exact) mass is 690 g/mol. The van der Waals surface area contributed by atoms with E-state index in [2.05, 4.69) is 27.8 Å². The van der Waals surface area contributed by atoms with Gasteiger partial charge in [-0.3, -0.25) is 33.7 Å². The van der Waals surface area contributed by atoms with Gasteiger partial charge >= 0.3 is 6.03 Å². The molecule has 49 heavy (non-hydrogen) atoms. The number of hydrogen-bond donors (Lipinski definition) is 4. The van der Waals surface area contributed by atoms with E-state index in [0.717, 1.165) is 11.3 Å². The van der Waals surface area contributed by atoms with E-state index in [0.29, 0.717) is 12.8 Å². The standard InChI is InChI=1S/C35H58N6O8/c1-11-13-14-23(28(44)31(46)36-16-12-2)37-30(45)27-22(21(3)4)15-17-40(27)32(47)29(35(8,9)10)39-33(48)38-24(34(5,6)7)18-41-25(42)19-49-20-26(41)43/h12,21-24,27,29H,2,11,13-20H2,1,3-10H3,(H,36,46)(H,37,45)(H2,38,39,48)/t22-,23?,24-,27+,29-/m1/s1. The normalized spacial score (nSPS) is 20.4. The zero-order valence-corrected chi connectivity index (χ0v) is 30.8. The van der Waals surface area contributed by atoms with Crippen molar-refractivity contribution >= 4 is 41.4 Å². The minimum atomic E-state index is -1.07. The second-order valence-corrected chi connectivity index (χ2v) is 15.5. The number of nitrogens with zero attached hydrogens (tertiary/aromatic N) is 2. The van der Waals surface area contributed by atoms with Crippen molar-refractivity contribution in [1.29, 1.82) is 0 Å². The number of ketones is 1. The quantitative estimate of drug-likeness (QED) is 0.114. The van der Waals surface area contributed by atoms with E-state index in [1.54, 1.807) is 20.8 Å². The predicted octanol–water partition coefficient (Wildman–Crippen LogP) is 1.92. The molecule has 0 aromatic carbocycles. The number of morpholine rings is 1. The summed E-state index contributed by atoms with van der Waals surface area (Å²) in [6.45, 7) is 20.2. The Morgan fingerprint density at radius 1 is 0.959 bits per heavy atom. The lowest BCUT2D eigenvalue weighted by Crippen LogP contribution is -2.63. The lowest BCUT2D eigenvalue weighted by molar-refractivity contribution is -0.159. The first kappa shape index (κ1) is 41.4. The molecule has 2 aliphatic rings. The number of ether oxygens (including phenoxy) is 1. The third-order valence-electron chi connectivity index (χ3n) is 9.12. The number of Topliss-reactive ketones (excluding diaryl/α,β-unsaturated/α-hetero) is 1. The highest BCUT2D eigenvalue weighted by molar-refractivity contribution is 6.38. The average molecular weight is 691 g/mol. The minimum absolute atomic E-state index is 0.0109. The molecule has 0 saturated carbocycles. The highest BCUT2D eigenvalue weighted by Gasteiger charge is 2.48. The van der Waals surface area contributed by atoms with Crippen molar-refractivity contribution in [1.82, 2.24) is 31.1 Å². The first-order valence-electron chi connectivity index (χ1n) is 17.3. The Bertz CT molecular complexity index is 1240. The van der Waals surface area contributed by atoms with Gasteiger partial charge in [0.15, 0.2) is 0 Å². The topological polar surface area (TPSA) is 183 Å². The molecule has 2 heterocycles. The van der Waals surface area contributed by atoms with Crippen LogP contribution < -0.4 is 21.3 Å². The number of hydrogen-bond acceptors (Lipinski definition) is 8. The average Bonchev–Trinajstić information content (AvgIpc) is 3.46. The Balaban J connectivity index is 2.34. The zero-order chi connectivity index (χ0) is 37.3. The van der Waals surface area contributed by atoms with Crippen LogP contribution in [0.5, 0.6) is 0 Å². The van der Waals surface area contributed by atoms with Crippen LogP contribution in [-0.4, -0.2) is 108 Å². The van der Waals surface area contributed by atoms with Gasteiger partial charge < -0.3 is 30.9 Å². The molecule has 0 spiro atoms. The lowest BCUT2D eigenvalue weighted by atomic mass is 9.84. The molecule has 0 radical (unpaired) electrons. The summed E-state index contributed by atoms with van der Waals surface area (Å²) in [5.41, 5.74) is -1.37. The Morgan fingerprint density at radius 3 is 2.08 bits per heavy atom. The summed E-state index contributed by atoms with van der Waals surface area (Å²) in [5, 5.41) is 11.0. The highest BCUT2D eigenvalue weighted by Crippen LogP contribution is 2.33. The van der Waals surface area contributed by atoms with Crippen LogP contribution in [0.2, 0.25) is 0 Å². The fraction of sp³-hybridized carbons (Fsp3) is 0.743. The maximum absolute atomic E-state index is 14.4. The van der Waals surface area contributed by atoms with Crippen molar-refractivity contribution in [2.24, 2.45) is 22.7 Å². The van der Waals surface area contributed by atoms with Crippen molar-refractivity contribution in [2.45, 2.75) is 112 Å². The third-order valence-corrected chi connectivity index (χ3v) is 9.12. The number of rotatable bonds is 15. The van der Waals surface area contributed by atoms with Crippen LogP contribution in [-0.2, 0) is 33.5 Å². The summed E-state index contributed by atoms with van der Waals surface area (Å²) in [4.78, 5) is 94.9. The molecular weight excluding hydrogens is 632 g/mol. The SMILES string of the molecule is C=CCNC(=O)C(=O)C(CCCC)NC(=O)[C@@H]1[C@@H](C(C)C)CCN1C(=O)[C@@H](NC(=O)N[C@H](CN1C(=O)COCC1=O)C(C)(C)C)C(C)(C)C. The van der Waals surface area contributed by atoms with E-state index < -0.39 is 76.3 Å². The van der Waals surface area contributed by atoms with Crippen molar-refractivity contribution in [2.75, 3.05) is 32.8 Å². The fourth-order valence-corrected chi connectivity index (χ4v) is 6.03. The summed E-state index contributed by atoms with van der Waals surface area (Å²) in [6, 6.07) is -4.40. The van der Waals surface area contributed by atoms with Crippen LogP contribution in [0.4, 0.5) is 4.79 Å². The summed E-state index contributed by atoms with van der Waals surface area (Å²) in [5.74, 6) is -3.78.